The van der Waals surface area contributed by atoms with Gasteiger partial charge < -0.3 is 10.2 Å². The van der Waals surface area contributed by atoms with Crippen LogP contribution in [0.3, 0.4) is 0 Å². The molecule has 0 atom stereocenters. The molecular weight excluding hydrogens is 190 g/mol. The Morgan fingerprint density at radius 1 is 1.25 bits per heavy atom. The molecule has 0 bridgehead atoms. The number of hydrogen-bond donors (Lipinski definition) is 0. The van der Waals surface area contributed by atoms with Gasteiger partial charge in [0.15, 0.2) is 0 Å². The van der Waals surface area contributed by atoms with Gasteiger partial charge >= 0.3 is 80.9 Å². The van der Waals surface area contributed by atoms with Crippen LogP contribution < -0.4 is 91.2 Å². The van der Waals surface area contributed by atoms with E-state index in [0.717, 1.165) is 0 Å². The van der Waals surface area contributed by atoms with Crippen molar-refractivity contribution in [2.24, 2.45) is 0 Å². The SMILES string of the molecule is CC(C)[O-].CCC(C)(C)[O-].[K+].[Na+]. The average Bonchev–Trinajstić information content (AvgIpc) is 1.63. The summed E-state index contributed by atoms with van der Waals surface area (Å²) in [5.41, 5.74) is -0.708. The van der Waals surface area contributed by atoms with Gasteiger partial charge in [0, 0.05) is 0 Å². The second-order valence-electron chi connectivity index (χ2n) is 3.16. The Hall–Kier alpha value is 2.56. The summed E-state index contributed by atoms with van der Waals surface area (Å²) in [6.07, 6.45) is 0.299. The molecule has 0 N–H and O–H groups in total. The molecule has 0 aliphatic heterocycles. The largest absolute Gasteiger partial charge is 1.00 e. The van der Waals surface area contributed by atoms with Crippen molar-refractivity contribution >= 4 is 0 Å². The van der Waals surface area contributed by atoms with Gasteiger partial charge in [0.25, 0.3) is 0 Å². The molecule has 0 heterocycles. The smallest absolute Gasteiger partial charge is 0.852 e. The molecule has 0 unspecified atom stereocenters. The van der Waals surface area contributed by atoms with E-state index in [-0.39, 0.29) is 80.9 Å². The molecule has 0 saturated heterocycles. The molecule has 0 fully saturated rings. The van der Waals surface area contributed by atoms with Crippen LogP contribution >= 0.6 is 0 Å². The molecule has 0 aliphatic carbocycles. The Balaban J connectivity index is -0.0000000483. The molecule has 0 aromatic carbocycles. The Morgan fingerprint density at radius 3 is 1.33 bits per heavy atom. The molecule has 64 valence electrons. The van der Waals surface area contributed by atoms with E-state index in [0.29, 0.717) is 6.42 Å². The van der Waals surface area contributed by atoms with E-state index >= 15 is 0 Å². The average molecular weight is 208 g/mol. The quantitative estimate of drug-likeness (QED) is 0.403. The molecule has 0 saturated carbocycles. The summed E-state index contributed by atoms with van der Waals surface area (Å²) in [4.78, 5) is 0. The Bertz CT molecular complexity index is 69.2. The maximum atomic E-state index is 10.5. The van der Waals surface area contributed by atoms with Crippen LogP contribution in [0.15, 0.2) is 0 Å². The minimum absolute atomic E-state index is 0. The second kappa shape index (κ2) is 13.6. The fourth-order valence-electron chi connectivity index (χ4n) is 0. The molecule has 0 aromatic rings. The number of rotatable bonds is 1. The van der Waals surface area contributed by atoms with Gasteiger partial charge in [-0.15, -0.1) is 11.7 Å². The minimum Gasteiger partial charge on any atom is -0.852 e. The van der Waals surface area contributed by atoms with Crippen LogP contribution in [0, 0.1) is 0 Å². The van der Waals surface area contributed by atoms with Crippen LogP contribution in [-0.4, -0.2) is 11.7 Å². The molecule has 0 amide bonds. The topological polar surface area (TPSA) is 46.1 Å². The zero-order valence-corrected chi connectivity index (χ0v) is 14.7. The van der Waals surface area contributed by atoms with Gasteiger partial charge in [0.1, 0.15) is 0 Å². The van der Waals surface area contributed by atoms with Crippen molar-refractivity contribution in [3.63, 3.8) is 0 Å². The van der Waals surface area contributed by atoms with Crippen LogP contribution in [0.4, 0.5) is 0 Å². The standard InChI is InChI=1S/C5H11O.C3H7O.K.Na/c1-4-5(2,3)6;1-3(2)4;;/h4H2,1-3H3;3H,1-2H3;;/q2*-1;2*+1. The van der Waals surface area contributed by atoms with Gasteiger partial charge in [-0.05, 0) is 0 Å². The normalized spacial score (nSPS) is 9.00. The van der Waals surface area contributed by atoms with Crippen molar-refractivity contribution in [3.05, 3.63) is 0 Å². The van der Waals surface area contributed by atoms with Crippen LogP contribution in [0.5, 0.6) is 0 Å². The first kappa shape index (κ1) is 24.0. The minimum atomic E-state index is -0.708. The van der Waals surface area contributed by atoms with E-state index in [1.54, 1.807) is 27.7 Å². The van der Waals surface area contributed by atoms with Crippen molar-refractivity contribution in [1.82, 2.24) is 0 Å². The van der Waals surface area contributed by atoms with E-state index in [2.05, 4.69) is 0 Å². The number of hydrogen-bond acceptors (Lipinski definition) is 2. The zero-order valence-electron chi connectivity index (χ0n) is 9.60. The van der Waals surface area contributed by atoms with Crippen LogP contribution in [0.2, 0.25) is 0 Å². The molecule has 0 rings (SSSR count). The van der Waals surface area contributed by atoms with Gasteiger partial charge in [-0.3, -0.25) is 0 Å². The Labute approximate surface area is 141 Å². The molecule has 12 heavy (non-hydrogen) atoms. The fourth-order valence-corrected chi connectivity index (χ4v) is 0. The summed E-state index contributed by atoms with van der Waals surface area (Å²) >= 11 is 0. The maximum absolute atomic E-state index is 10.5. The fraction of sp³-hybridized carbons (Fsp3) is 1.00. The van der Waals surface area contributed by atoms with Crippen molar-refractivity contribution in [1.29, 1.82) is 0 Å². The van der Waals surface area contributed by atoms with Crippen LogP contribution in [-0.2, 0) is 0 Å². The summed E-state index contributed by atoms with van der Waals surface area (Å²) in [5, 5.41) is 20.0. The van der Waals surface area contributed by atoms with Gasteiger partial charge in [-0.2, -0.15) is 0 Å². The summed E-state index contributed by atoms with van der Waals surface area (Å²) in [6, 6.07) is 0. The molecule has 0 radical (unpaired) electrons. The monoisotopic (exact) mass is 208 g/mol. The summed E-state index contributed by atoms with van der Waals surface area (Å²) in [5.74, 6) is 0. The first-order valence-electron chi connectivity index (χ1n) is 3.66. The Kier molecular flexibility index (Phi) is 27.1. The third kappa shape index (κ3) is 54.3. The summed E-state index contributed by atoms with van der Waals surface area (Å²) < 4.78 is 0. The molecule has 0 aliphatic rings. The molecular formula is C8H18KNaO2. The van der Waals surface area contributed by atoms with Gasteiger partial charge in [0.2, 0.25) is 0 Å². The first-order valence-corrected chi connectivity index (χ1v) is 3.66. The van der Waals surface area contributed by atoms with Crippen LogP contribution in [0.25, 0.3) is 0 Å². The third-order valence-electron chi connectivity index (χ3n) is 0.851. The second-order valence-corrected chi connectivity index (χ2v) is 3.16. The third-order valence-corrected chi connectivity index (χ3v) is 0.851. The molecule has 0 spiro atoms. The predicted octanol–water partition coefficient (Wildman–Crippen LogP) is -5.70. The van der Waals surface area contributed by atoms with E-state index in [4.69, 9.17) is 0 Å². The first-order chi connectivity index (χ1) is 4.29. The van der Waals surface area contributed by atoms with Crippen molar-refractivity contribution in [3.8, 4) is 0 Å². The predicted molar refractivity (Wildman–Crippen MR) is 39.5 cm³/mol. The maximum Gasteiger partial charge on any atom is 1.00 e. The van der Waals surface area contributed by atoms with Crippen molar-refractivity contribution < 1.29 is 91.2 Å². The summed E-state index contributed by atoms with van der Waals surface area (Å²) in [7, 11) is 0. The van der Waals surface area contributed by atoms with Crippen molar-refractivity contribution in [2.45, 2.75) is 52.7 Å². The summed E-state index contributed by atoms with van der Waals surface area (Å²) in [6.45, 7) is 8.49. The Morgan fingerprint density at radius 2 is 1.33 bits per heavy atom. The van der Waals surface area contributed by atoms with Gasteiger partial charge in [0.05, 0.1) is 0 Å². The van der Waals surface area contributed by atoms with E-state index in [1.807, 2.05) is 6.92 Å². The van der Waals surface area contributed by atoms with E-state index < -0.39 is 11.7 Å². The molecule has 2 nitrogen and oxygen atoms in total. The van der Waals surface area contributed by atoms with Gasteiger partial charge in [-0.1, -0.05) is 41.0 Å². The molecule has 4 heteroatoms. The van der Waals surface area contributed by atoms with E-state index in [1.165, 1.54) is 0 Å². The zero-order chi connectivity index (χ0) is 8.78. The molecule has 0 aromatic heterocycles. The van der Waals surface area contributed by atoms with Crippen LogP contribution in [0.1, 0.15) is 41.0 Å². The van der Waals surface area contributed by atoms with Gasteiger partial charge in [-0.25, -0.2) is 0 Å². The van der Waals surface area contributed by atoms with Crippen molar-refractivity contribution in [2.75, 3.05) is 0 Å². The van der Waals surface area contributed by atoms with E-state index in [9.17, 15) is 10.2 Å².